The predicted molar refractivity (Wildman–Crippen MR) is 77.5 cm³/mol. The summed E-state index contributed by atoms with van der Waals surface area (Å²) in [6.07, 6.45) is 1.22. The van der Waals surface area contributed by atoms with Gasteiger partial charge in [-0.1, -0.05) is 19.9 Å². The number of ether oxygens (including phenoxy) is 1. The first-order valence-electron chi connectivity index (χ1n) is 7.03. The standard InChI is InChI=1S/C15H22N2O3/c1-3-15(19,4-2)10-16-14(18)17-13-6-5-11-8-20-9-12(11)7-13/h5-7,19H,3-4,8-10H2,1-2H3,(H2,16,17,18). The molecule has 0 saturated heterocycles. The molecule has 2 amide bonds. The van der Waals surface area contributed by atoms with Gasteiger partial charge in [0.15, 0.2) is 0 Å². The zero-order valence-electron chi connectivity index (χ0n) is 12.0. The molecule has 3 N–H and O–H groups in total. The van der Waals surface area contributed by atoms with Crippen molar-refractivity contribution in [2.45, 2.75) is 45.5 Å². The van der Waals surface area contributed by atoms with Crippen LogP contribution in [-0.2, 0) is 18.0 Å². The minimum atomic E-state index is -0.830. The fourth-order valence-electron chi connectivity index (χ4n) is 2.17. The van der Waals surface area contributed by atoms with Gasteiger partial charge in [-0.3, -0.25) is 0 Å². The summed E-state index contributed by atoms with van der Waals surface area (Å²) in [7, 11) is 0. The maximum Gasteiger partial charge on any atom is 0.319 e. The van der Waals surface area contributed by atoms with Crippen LogP contribution in [0.5, 0.6) is 0 Å². The molecule has 0 saturated carbocycles. The van der Waals surface area contributed by atoms with Crippen molar-refractivity contribution in [3.05, 3.63) is 29.3 Å². The summed E-state index contributed by atoms with van der Waals surface area (Å²) in [5.41, 5.74) is 2.19. The van der Waals surface area contributed by atoms with E-state index in [-0.39, 0.29) is 12.6 Å². The van der Waals surface area contributed by atoms with Gasteiger partial charge in [0.05, 0.1) is 18.8 Å². The van der Waals surface area contributed by atoms with Gasteiger partial charge >= 0.3 is 6.03 Å². The molecule has 1 aromatic carbocycles. The second-order valence-electron chi connectivity index (χ2n) is 5.22. The lowest BCUT2D eigenvalue weighted by molar-refractivity contribution is 0.0354. The van der Waals surface area contributed by atoms with Crippen LogP contribution < -0.4 is 10.6 Å². The Hall–Kier alpha value is -1.59. The smallest absolute Gasteiger partial charge is 0.319 e. The van der Waals surface area contributed by atoms with Gasteiger partial charge in [0.2, 0.25) is 0 Å². The fraction of sp³-hybridized carbons (Fsp3) is 0.533. The number of urea groups is 1. The van der Waals surface area contributed by atoms with Crippen molar-refractivity contribution in [2.75, 3.05) is 11.9 Å². The maximum atomic E-state index is 11.8. The SMILES string of the molecule is CCC(O)(CC)CNC(=O)Nc1ccc2c(c1)COC2. The fourth-order valence-corrected chi connectivity index (χ4v) is 2.17. The third-order valence-corrected chi connectivity index (χ3v) is 3.87. The van der Waals surface area contributed by atoms with Crippen molar-refractivity contribution < 1.29 is 14.6 Å². The molecule has 5 heteroatoms. The Balaban J connectivity index is 1.89. The van der Waals surface area contributed by atoms with Gasteiger partial charge < -0.3 is 20.5 Å². The summed E-state index contributed by atoms with van der Waals surface area (Å²) in [4.78, 5) is 11.8. The molecule has 0 radical (unpaired) electrons. The highest BCUT2D eigenvalue weighted by atomic mass is 16.5. The molecule has 5 nitrogen and oxygen atoms in total. The highest BCUT2D eigenvalue weighted by Gasteiger charge is 2.22. The van der Waals surface area contributed by atoms with Crippen LogP contribution in [-0.4, -0.2) is 23.3 Å². The van der Waals surface area contributed by atoms with E-state index in [0.717, 1.165) is 11.3 Å². The molecule has 2 rings (SSSR count). The van der Waals surface area contributed by atoms with Gasteiger partial charge in [0, 0.05) is 12.2 Å². The lowest BCUT2D eigenvalue weighted by Crippen LogP contribution is -2.43. The first-order valence-corrected chi connectivity index (χ1v) is 7.03. The van der Waals surface area contributed by atoms with Crippen molar-refractivity contribution >= 4 is 11.7 Å². The highest BCUT2D eigenvalue weighted by molar-refractivity contribution is 5.89. The van der Waals surface area contributed by atoms with Gasteiger partial charge in [0.25, 0.3) is 0 Å². The number of carbonyl (C=O) groups excluding carboxylic acids is 1. The van der Waals surface area contributed by atoms with Crippen LogP contribution in [0, 0.1) is 0 Å². The Morgan fingerprint density at radius 3 is 2.70 bits per heavy atom. The van der Waals surface area contributed by atoms with Gasteiger partial charge in [0.1, 0.15) is 0 Å². The van der Waals surface area contributed by atoms with Crippen LogP contribution in [0.4, 0.5) is 10.5 Å². The molecule has 0 aliphatic carbocycles. The molecule has 0 bridgehead atoms. The third kappa shape index (κ3) is 3.49. The van der Waals surface area contributed by atoms with Crippen molar-refractivity contribution in [1.29, 1.82) is 0 Å². The predicted octanol–water partition coefficient (Wildman–Crippen LogP) is 2.39. The zero-order chi connectivity index (χ0) is 14.6. The second kappa shape index (κ2) is 6.24. The molecular formula is C15H22N2O3. The number of hydrogen-bond donors (Lipinski definition) is 3. The van der Waals surface area contributed by atoms with E-state index < -0.39 is 5.60 Å². The molecule has 110 valence electrons. The summed E-state index contributed by atoms with van der Waals surface area (Å²) in [5, 5.41) is 15.6. The molecule has 1 aromatic rings. The average Bonchev–Trinajstić information content (AvgIpc) is 2.92. The van der Waals surface area contributed by atoms with Crippen molar-refractivity contribution in [2.24, 2.45) is 0 Å². The van der Waals surface area contributed by atoms with Crippen LogP contribution in [0.2, 0.25) is 0 Å². The number of benzene rings is 1. The average molecular weight is 278 g/mol. The zero-order valence-corrected chi connectivity index (χ0v) is 12.0. The number of hydrogen-bond acceptors (Lipinski definition) is 3. The third-order valence-electron chi connectivity index (χ3n) is 3.87. The number of carbonyl (C=O) groups is 1. The number of amides is 2. The molecule has 1 aliphatic heterocycles. The number of aliphatic hydroxyl groups is 1. The number of fused-ring (bicyclic) bond motifs is 1. The first-order chi connectivity index (χ1) is 9.56. The number of anilines is 1. The van der Waals surface area contributed by atoms with Gasteiger partial charge in [-0.2, -0.15) is 0 Å². The Bertz CT molecular complexity index is 484. The normalized spacial score (nSPS) is 13.9. The van der Waals surface area contributed by atoms with Crippen molar-refractivity contribution in [3.8, 4) is 0 Å². The summed E-state index contributed by atoms with van der Waals surface area (Å²) in [6, 6.07) is 5.45. The Kier molecular flexibility index (Phi) is 4.62. The number of nitrogens with one attached hydrogen (secondary N) is 2. The van der Waals surface area contributed by atoms with Gasteiger partial charge in [-0.05, 0) is 36.1 Å². The van der Waals surface area contributed by atoms with E-state index in [9.17, 15) is 9.90 Å². The van der Waals surface area contributed by atoms with E-state index in [1.807, 2.05) is 32.0 Å². The molecule has 1 heterocycles. The molecular weight excluding hydrogens is 256 g/mol. The molecule has 20 heavy (non-hydrogen) atoms. The van der Waals surface area contributed by atoms with Gasteiger partial charge in [-0.25, -0.2) is 4.79 Å². The molecule has 0 unspecified atom stereocenters. The summed E-state index contributed by atoms with van der Waals surface area (Å²) in [6.45, 7) is 5.30. The van der Waals surface area contributed by atoms with Gasteiger partial charge in [-0.15, -0.1) is 0 Å². The van der Waals surface area contributed by atoms with Crippen LogP contribution in [0.15, 0.2) is 18.2 Å². The van der Waals surface area contributed by atoms with E-state index in [1.54, 1.807) is 0 Å². The monoisotopic (exact) mass is 278 g/mol. The lowest BCUT2D eigenvalue weighted by Gasteiger charge is -2.25. The van der Waals surface area contributed by atoms with Crippen LogP contribution in [0.25, 0.3) is 0 Å². The maximum absolute atomic E-state index is 11.8. The summed E-state index contributed by atoms with van der Waals surface area (Å²) >= 11 is 0. The van der Waals surface area contributed by atoms with Crippen molar-refractivity contribution in [1.82, 2.24) is 5.32 Å². The Morgan fingerprint density at radius 2 is 2.00 bits per heavy atom. The van der Waals surface area contributed by atoms with E-state index in [4.69, 9.17) is 4.74 Å². The number of rotatable bonds is 5. The minimum Gasteiger partial charge on any atom is -0.388 e. The molecule has 1 aliphatic rings. The first kappa shape index (κ1) is 14.8. The largest absolute Gasteiger partial charge is 0.388 e. The highest BCUT2D eigenvalue weighted by Crippen LogP contribution is 2.23. The second-order valence-corrected chi connectivity index (χ2v) is 5.22. The topological polar surface area (TPSA) is 70.6 Å². The van der Waals surface area contributed by atoms with E-state index in [0.29, 0.717) is 26.1 Å². The minimum absolute atomic E-state index is 0.250. The van der Waals surface area contributed by atoms with E-state index >= 15 is 0 Å². The van der Waals surface area contributed by atoms with Crippen LogP contribution >= 0.6 is 0 Å². The van der Waals surface area contributed by atoms with Crippen molar-refractivity contribution in [3.63, 3.8) is 0 Å². The molecule has 0 fully saturated rings. The van der Waals surface area contributed by atoms with Crippen LogP contribution in [0.1, 0.15) is 37.8 Å². The van der Waals surface area contributed by atoms with Crippen LogP contribution in [0.3, 0.4) is 0 Å². The molecule has 0 aromatic heterocycles. The summed E-state index contributed by atoms with van der Waals surface area (Å²) < 4.78 is 5.33. The molecule has 0 spiro atoms. The quantitative estimate of drug-likeness (QED) is 0.774. The Morgan fingerprint density at radius 1 is 1.30 bits per heavy atom. The van der Waals surface area contributed by atoms with E-state index in [1.165, 1.54) is 5.56 Å². The summed E-state index contributed by atoms with van der Waals surface area (Å²) in [5.74, 6) is 0. The Labute approximate surface area is 119 Å². The van der Waals surface area contributed by atoms with E-state index in [2.05, 4.69) is 10.6 Å². The molecule has 0 atom stereocenters. The lowest BCUT2D eigenvalue weighted by atomic mass is 9.98.